The Morgan fingerprint density at radius 1 is 1.42 bits per heavy atom. The maximum atomic E-state index is 13.5. The van der Waals surface area contributed by atoms with Gasteiger partial charge in [0.1, 0.15) is 5.82 Å². The average Bonchev–Trinajstić information content (AvgIpc) is 2.39. The largest absolute Gasteiger partial charge is 0.381 e. The first-order valence-electron chi connectivity index (χ1n) is 6.21. The van der Waals surface area contributed by atoms with Gasteiger partial charge in [-0.3, -0.25) is 4.79 Å². The second kappa shape index (κ2) is 6.86. The highest BCUT2D eigenvalue weighted by Crippen LogP contribution is 2.18. The number of hydrogen-bond acceptors (Lipinski definition) is 3. The zero-order chi connectivity index (χ0) is 13.7. The van der Waals surface area contributed by atoms with Crippen LogP contribution in [0.15, 0.2) is 22.7 Å². The van der Waals surface area contributed by atoms with Crippen molar-refractivity contribution in [3.8, 4) is 0 Å². The van der Waals surface area contributed by atoms with Gasteiger partial charge in [-0.15, -0.1) is 0 Å². The summed E-state index contributed by atoms with van der Waals surface area (Å²) < 4.78 is 19.4. The molecule has 2 N–H and O–H groups in total. The van der Waals surface area contributed by atoms with E-state index in [1.807, 2.05) is 0 Å². The molecule has 0 saturated carbocycles. The Morgan fingerprint density at radius 2 is 2.16 bits per heavy atom. The van der Waals surface area contributed by atoms with Gasteiger partial charge in [0.05, 0.1) is 12.2 Å². The highest BCUT2D eigenvalue weighted by Gasteiger charge is 2.15. The molecule has 1 fully saturated rings. The van der Waals surface area contributed by atoms with Crippen LogP contribution in [0.3, 0.4) is 0 Å². The van der Waals surface area contributed by atoms with E-state index in [1.54, 1.807) is 12.1 Å². The number of benzene rings is 1. The lowest BCUT2D eigenvalue weighted by molar-refractivity contribution is -0.120. The SMILES string of the molecule is O=C(CNc1ccc(Br)cc1F)NC1CCOCC1. The molecule has 1 aromatic carbocycles. The smallest absolute Gasteiger partial charge is 0.239 e. The van der Waals surface area contributed by atoms with Crippen molar-refractivity contribution in [1.29, 1.82) is 0 Å². The van der Waals surface area contributed by atoms with Crippen LogP contribution in [0.1, 0.15) is 12.8 Å². The second-order valence-electron chi connectivity index (χ2n) is 4.43. The van der Waals surface area contributed by atoms with Crippen molar-refractivity contribution in [3.05, 3.63) is 28.5 Å². The van der Waals surface area contributed by atoms with Crippen LogP contribution in [0.5, 0.6) is 0 Å². The van der Waals surface area contributed by atoms with Crippen molar-refractivity contribution < 1.29 is 13.9 Å². The van der Waals surface area contributed by atoms with Crippen molar-refractivity contribution in [3.63, 3.8) is 0 Å². The van der Waals surface area contributed by atoms with E-state index < -0.39 is 0 Å². The van der Waals surface area contributed by atoms with Crippen molar-refractivity contribution in [1.82, 2.24) is 5.32 Å². The van der Waals surface area contributed by atoms with Gasteiger partial charge in [-0.2, -0.15) is 0 Å². The molecular formula is C13H16BrFN2O2. The van der Waals surface area contributed by atoms with E-state index >= 15 is 0 Å². The van der Waals surface area contributed by atoms with Crippen LogP contribution in [-0.4, -0.2) is 31.7 Å². The topological polar surface area (TPSA) is 50.4 Å². The Hall–Kier alpha value is -1.14. The number of hydrogen-bond donors (Lipinski definition) is 2. The van der Waals surface area contributed by atoms with Crippen LogP contribution in [0.4, 0.5) is 10.1 Å². The van der Waals surface area contributed by atoms with E-state index in [4.69, 9.17) is 4.74 Å². The summed E-state index contributed by atoms with van der Waals surface area (Å²) in [4.78, 5) is 11.7. The first kappa shape index (κ1) is 14.3. The third-order valence-electron chi connectivity index (χ3n) is 2.96. The van der Waals surface area contributed by atoms with Crippen LogP contribution in [0.25, 0.3) is 0 Å². The minimum atomic E-state index is -0.381. The van der Waals surface area contributed by atoms with E-state index in [1.165, 1.54) is 6.07 Å². The first-order chi connectivity index (χ1) is 9.15. The number of carbonyl (C=O) groups is 1. The monoisotopic (exact) mass is 330 g/mol. The molecule has 4 nitrogen and oxygen atoms in total. The number of rotatable bonds is 4. The summed E-state index contributed by atoms with van der Waals surface area (Å²) >= 11 is 3.18. The molecule has 6 heteroatoms. The third-order valence-corrected chi connectivity index (χ3v) is 3.45. The fraction of sp³-hybridized carbons (Fsp3) is 0.462. The van der Waals surface area contributed by atoms with Gasteiger partial charge in [0.25, 0.3) is 0 Å². The van der Waals surface area contributed by atoms with E-state index in [0.29, 0.717) is 23.4 Å². The molecule has 1 saturated heterocycles. The molecule has 0 unspecified atom stereocenters. The van der Waals surface area contributed by atoms with Crippen LogP contribution < -0.4 is 10.6 Å². The van der Waals surface area contributed by atoms with Gasteiger partial charge >= 0.3 is 0 Å². The number of amides is 1. The van der Waals surface area contributed by atoms with Gasteiger partial charge in [0.15, 0.2) is 0 Å². The fourth-order valence-electron chi connectivity index (χ4n) is 1.93. The summed E-state index contributed by atoms with van der Waals surface area (Å²) in [7, 11) is 0. The molecule has 1 aromatic rings. The van der Waals surface area contributed by atoms with Crippen molar-refractivity contribution in [2.45, 2.75) is 18.9 Å². The average molecular weight is 331 g/mol. The van der Waals surface area contributed by atoms with Crippen molar-refractivity contribution in [2.75, 3.05) is 25.1 Å². The zero-order valence-electron chi connectivity index (χ0n) is 10.4. The minimum absolute atomic E-state index is 0.0654. The molecule has 104 valence electrons. The van der Waals surface area contributed by atoms with E-state index in [2.05, 4.69) is 26.6 Å². The lowest BCUT2D eigenvalue weighted by Gasteiger charge is -2.23. The molecule has 1 aliphatic heterocycles. The standard InChI is InChI=1S/C13H16BrFN2O2/c14-9-1-2-12(11(15)7-9)16-8-13(18)17-10-3-5-19-6-4-10/h1-2,7,10,16H,3-6,8H2,(H,17,18). The number of carbonyl (C=O) groups excluding carboxylic acids is 1. The van der Waals surface area contributed by atoms with Crippen LogP contribution in [0, 0.1) is 5.82 Å². The number of ether oxygens (including phenoxy) is 1. The van der Waals surface area contributed by atoms with E-state index in [9.17, 15) is 9.18 Å². The summed E-state index contributed by atoms with van der Waals surface area (Å²) in [6, 6.07) is 4.85. The Morgan fingerprint density at radius 3 is 2.84 bits per heavy atom. The predicted molar refractivity (Wildman–Crippen MR) is 74.6 cm³/mol. The van der Waals surface area contributed by atoms with Gasteiger partial charge in [-0.1, -0.05) is 15.9 Å². The molecule has 2 rings (SSSR count). The number of halogens is 2. The van der Waals surface area contributed by atoms with Crippen molar-refractivity contribution >= 4 is 27.5 Å². The second-order valence-corrected chi connectivity index (χ2v) is 5.35. The highest BCUT2D eigenvalue weighted by molar-refractivity contribution is 9.10. The Balaban J connectivity index is 1.79. The van der Waals surface area contributed by atoms with Crippen molar-refractivity contribution in [2.24, 2.45) is 0 Å². The van der Waals surface area contributed by atoms with Crippen LogP contribution in [-0.2, 0) is 9.53 Å². The van der Waals surface area contributed by atoms with Crippen LogP contribution >= 0.6 is 15.9 Å². The molecule has 0 bridgehead atoms. The molecule has 0 spiro atoms. The van der Waals surface area contributed by atoms with E-state index in [0.717, 1.165) is 12.8 Å². The summed E-state index contributed by atoms with van der Waals surface area (Å²) in [5.74, 6) is -0.512. The van der Waals surface area contributed by atoms with E-state index in [-0.39, 0.29) is 24.3 Å². The summed E-state index contributed by atoms with van der Waals surface area (Å²) in [5.41, 5.74) is 0.324. The summed E-state index contributed by atoms with van der Waals surface area (Å²) in [6.07, 6.45) is 1.66. The molecule has 0 radical (unpaired) electrons. The first-order valence-corrected chi connectivity index (χ1v) is 7.00. The van der Waals surface area contributed by atoms with Gasteiger partial charge in [0.2, 0.25) is 5.91 Å². The molecule has 1 aliphatic rings. The number of anilines is 1. The highest BCUT2D eigenvalue weighted by atomic mass is 79.9. The fourth-order valence-corrected chi connectivity index (χ4v) is 2.26. The molecule has 1 amide bonds. The maximum absolute atomic E-state index is 13.5. The van der Waals surface area contributed by atoms with Crippen LogP contribution in [0.2, 0.25) is 0 Å². The minimum Gasteiger partial charge on any atom is -0.381 e. The predicted octanol–water partition coefficient (Wildman–Crippen LogP) is 2.30. The van der Waals surface area contributed by atoms with Gasteiger partial charge in [-0.05, 0) is 31.0 Å². The Bertz CT molecular complexity index is 450. The molecule has 0 aliphatic carbocycles. The van der Waals surface area contributed by atoms with Gasteiger partial charge in [-0.25, -0.2) is 4.39 Å². The quantitative estimate of drug-likeness (QED) is 0.890. The lowest BCUT2D eigenvalue weighted by atomic mass is 10.1. The van der Waals surface area contributed by atoms with Gasteiger partial charge < -0.3 is 15.4 Å². The molecule has 0 aromatic heterocycles. The molecule has 0 atom stereocenters. The summed E-state index contributed by atoms with van der Waals surface area (Å²) in [5, 5.41) is 5.70. The summed E-state index contributed by atoms with van der Waals surface area (Å²) in [6.45, 7) is 1.43. The lowest BCUT2D eigenvalue weighted by Crippen LogP contribution is -2.41. The third kappa shape index (κ3) is 4.47. The molecular weight excluding hydrogens is 315 g/mol. The Labute approximate surface area is 119 Å². The molecule has 1 heterocycles. The molecule has 19 heavy (non-hydrogen) atoms. The van der Waals surface area contributed by atoms with Gasteiger partial charge in [0, 0.05) is 23.7 Å². The maximum Gasteiger partial charge on any atom is 0.239 e. The normalized spacial score (nSPS) is 16.1. The zero-order valence-corrected chi connectivity index (χ0v) is 12.0. The Kier molecular flexibility index (Phi) is 5.15. The number of nitrogens with one attached hydrogen (secondary N) is 2.